The number of aliphatic carboxylic acids is 1. The lowest BCUT2D eigenvalue weighted by molar-refractivity contribution is -0.198. The second-order valence-corrected chi connectivity index (χ2v) is 12.4. The Balaban J connectivity index is 1.20. The van der Waals surface area contributed by atoms with Gasteiger partial charge in [0.05, 0.1) is 23.1 Å². The summed E-state index contributed by atoms with van der Waals surface area (Å²) in [4.78, 5) is 21.7. The fraction of sp³-hybridized carbons (Fsp3) is 0.333. The minimum absolute atomic E-state index is 0.160. The molecule has 4 N–H and O–H groups in total. The summed E-state index contributed by atoms with van der Waals surface area (Å²) in [6.45, 7) is 3.40. The molecule has 2 aromatic carbocycles. The Labute approximate surface area is 272 Å². The first-order valence-corrected chi connectivity index (χ1v) is 15.4. The summed E-state index contributed by atoms with van der Waals surface area (Å²) in [6.07, 6.45) is -2.16. The van der Waals surface area contributed by atoms with Crippen LogP contribution in [0.2, 0.25) is 0 Å². The number of carboxylic acids is 1. The Morgan fingerprint density at radius 2 is 1.85 bits per heavy atom. The number of fused-ring (bicyclic) bond motifs is 1. The molecule has 2 fully saturated rings. The van der Waals surface area contributed by atoms with Crippen molar-refractivity contribution in [2.75, 3.05) is 30.3 Å². The number of nitrogens with zero attached hydrogens (tertiary/aromatic N) is 7. The zero-order valence-electron chi connectivity index (χ0n) is 25.9. The van der Waals surface area contributed by atoms with Gasteiger partial charge in [0.1, 0.15) is 11.9 Å². The Bertz CT molecular complexity index is 1990. The largest absolute Gasteiger partial charge is 0.480 e. The van der Waals surface area contributed by atoms with Crippen molar-refractivity contribution in [3.8, 4) is 22.7 Å². The van der Waals surface area contributed by atoms with Gasteiger partial charge in [-0.25, -0.2) is 4.68 Å². The molecular formula is C33H32F3N9O3. The highest BCUT2D eigenvalue weighted by atomic mass is 19.4. The van der Waals surface area contributed by atoms with Crippen molar-refractivity contribution in [2.24, 2.45) is 5.41 Å². The molecule has 0 aliphatic carbocycles. The quantitative estimate of drug-likeness (QED) is 0.219. The molecule has 0 amide bonds. The maximum absolute atomic E-state index is 14.9. The van der Waals surface area contributed by atoms with Crippen molar-refractivity contribution in [1.82, 2.24) is 35.3 Å². The van der Waals surface area contributed by atoms with E-state index in [2.05, 4.69) is 30.6 Å². The molecule has 2 aliphatic heterocycles. The molecular weight excluding hydrogens is 627 g/mol. The third-order valence-corrected chi connectivity index (χ3v) is 9.18. The van der Waals surface area contributed by atoms with E-state index in [1.807, 2.05) is 29.2 Å². The number of ether oxygens (including phenoxy) is 1. The van der Waals surface area contributed by atoms with Gasteiger partial charge in [0.2, 0.25) is 17.9 Å². The van der Waals surface area contributed by atoms with E-state index in [4.69, 9.17) is 10.5 Å². The summed E-state index contributed by atoms with van der Waals surface area (Å²) < 4.78 is 51.8. The summed E-state index contributed by atoms with van der Waals surface area (Å²) >= 11 is 0. The van der Waals surface area contributed by atoms with Gasteiger partial charge in [0, 0.05) is 42.8 Å². The van der Waals surface area contributed by atoms with Crippen LogP contribution in [0.25, 0.3) is 27.7 Å². The van der Waals surface area contributed by atoms with E-state index in [0.717, 1.165) is 10.9 Å². The van der Waals surface area contributed by atoms with E-state index in [0.29, 0.717) is 61.5 Å². The highest BCUT2D eigenvalue weighted by Crippen LogP contribution is 2.43. The lowest BCUT2D eigenvalue weighted by Gasteiger charge is -2.39. The van der Waals surface area contributed by atoms with Crippen LogP contribution in [0.3, 0.4) is 0 Å². The van der Waals surface area contributed by atoms with E-state index in [1.54, 1.807) is 37.5 Å². The molecule has 15 heteroatoms. The number of anilines is 2. The van der Waals surface area contributed by atoms with E-state index >= 15 is 0 Å². The van der Waals surface area contributed by atoms with Crippen LogP contribution in [0.1, 0.15) is 36.6 Å². The molecule has 5 aromatic rings. The lowest BCUT2D eigenvalue weighted by atomic mass is 9.76. The Kier molecular flexibility index (Phi) is 7.86. The fourth-order valence-corrected chi connectivity index (χ4v) is 6.62. The lowest BCUT2D eigenvalue weighted by Crippen LogP contribution is -2.41. The summed E-state index contributed by atoms with van der Waals surface area (Å²) in [5.74, 6) is -1.08. The van der Waals surface area contributed by atoms with Crippen LogP contribution in [-0.2, 0) is 4.79 Å². The topological polar surface area (TPSA) is 157 Å². The highest BCUT2D eigenvalue weighted by molar-refractivity contribution is 5.84. The molecule has 248 valence electrons. The summed E-state index contributed by atoms with van der Waals surface area (Å²) in [5, 5.41) is 25.7. The van der Waals surface area contributed by atoms with Crippen LogP contribution < -0.4 is 20.7 Å². The molecule has 7 rings (SSSR count). The van der Waals surface area contributed by atoms with Crippen LogP contribution in [0.15, 0.2) is 67.0 Å². The van der Waals surface area contributed by atoms with Crippen molar-refractivity contribution in [3.63, 3.8) is 0 Å². The normalized spacial score (nSPS) is 18.3. The zero-order valence-corrected chi connectivity index (χ0v) is 25.9. The Morgan fingerprint density at radius 3 is 2.56 bits per heavy atom. The molecule has 3 aromatic heterocycles. The van der Waals surface area contributed by atoms with Crippen molar-refractivity contribution in [1.29, 1.82) is 0 Å². The molecule has 0 radical (unpaired) electrons. The number of piperidine rings is 1. The number of alkyl halides is 3. The molecule has 0 bridgehead atoms. The van der Waals surface area contributed by atoms with E-state index in [1.165, 1.54) is 16.8 Å². The number of carboxylic acid groups (broad SMARTS) is 1. The average molecular weight is 660 g/mol. The molecule has 12 nitrogen and oxygen atoms in total. The van der Waals surface area contributed by atoms with Gasteiger partial charge >= 0.3 is 12.1 Å². The predicted molar refractivity (Wildman–Crippen MR) is 171 cm³/mol. The van der Waals surface area contributed by atoms with E-state index < -0.39 is 24.3 Å². The van der Waals surface area contributed by atoms with Crippen LogP contribution in [0, 0.1) is 12.3 Å². The number of rotatable bonds is 7. The summed E-state index contributed by atoms with van der Waals surface area (Å²) in [7, 11) is 0. The van der Waals surface area contributed by atoms with Crippen molar-refractivity contribution in [2.45, 2.75) is 44.5 Å². The maximum Gasteiger partial charge on any atom is 0.429 e. The number of nitrogens with two attached hydrogens (primary N) is 1. The van der Waals surface area contributed by atoms with Gasteiger partial charge in [-0.15, -0.1) is 0 Å². The second kappa shape index (κ2) is 12.0. The van der Waals surface area contributed by atoms with Crippen LogP contribution in [-0.4, -0.2) is 72.9 Å². The van der Waals surface area contributed by atoms with Crippen LogP contribution >= 0.6 is 0 Å². The van der Waals surface area contributed by atoms with Crippen LogP contribution in [0.5, 0.6) is 5.88 Å². The maximum atomic E-state index is 14.9. The molecule has 2 atom stereocenters. The van der Waals surface area contributed by atoms with Gasteiger partial charge in [-0.3, -0.25) is 4.79 Å². The summed E-state index contributed by atoms with van der Waals surface area (Å²) in [6, 6.07) is 14.5. The van der Waals surface area contributed by atoms with Gasteiger partial charge in [-0.2, -0.15) is 38.4 Å². The van der Waals surface area contributed by atoms with Gasteiger partial charge in [-0.05, 0) is 73.1 Å². The van der Waals surface area contributed by atoms with E-state index in [-0.39, 0.29) is 28.5 Å². The number of carbonyl (C=O) groups is 1. The predicted octanol–water partition coefficient (Wildman–Crippen LogP) is 4.88. The third-order valence-electron chi connectivity index (χ3n) is 9.18. The Morgan fingerprint density at radius 1 is 1.08 bits per heavy atom. The number of nitrogens with one attached hydrogen (secondary N) is 1. The number of halogens is 3. The number of hydrogen-bond acceptors (Lipinski definition) is 10. The number of aromatic nitrogens is 6. The third kappa shape index (κ3) is 6.20. The standard InChI is InChI=1S/C33H32F3N9O3/c1-19-7-11-45(43-19)26-15-21(20-3-5-24-22(14-20)6-10-39-42-24)2-4-23(26)29(33(34,35)36)48-28-16-27(40-31(37)41-28)44-12-8-32(9-13-44)17-25(30(46)47)38-18-32/h2-7,10-11,14-16,25,29,38H,8-9,12-13,17-18H2,1H3,(H,46,47)(H2,37,40,41)/t25?,29-/m1/s1. The number of aryl methyl sites for hydroxylation is 1. The molecule has 2 saturated heterocycles. The number of hydrogen-bond donors (Lipinski definition) is 3. The number of benzene rings is 2. The Hall–Kier alpha value is -5.31. The first-order chi connectivity index (χ1) is 23.0. The van der Waals surface area contributed by atoms with Gasteiger partial charge in [-0.1, -0.05) is 18.2 Å². The monoisotopic (exact) mass is 659 g/mol. The van der Waals surface area contributed by atoms with Gasteiger partial charge in [0.25, 0.3) is 0 Å². The van der Waals surface area contributed by atoms with Crippen LogP contribution in [0.4, 0.5) is 24.9 Å². The molecule has 0 saturated carbocycles. The van der Waals surface area contributed by atoms with Gasteiger partial charge in [0.15, 0.2) is 0 Å². The molecule has 1 spiro atoms. The smallest absolute Gasteiger partial charge is 0.429 e. The molecule has 5 heterocycles. The molecule has 1 unspecified atom stereocenters. The first kappa shape index (κ1) is 31.3. The fourth-order valence-electron chi connectivity index (χ4n) is 6.62. The minimum atomic E-state index is -4.84. The van der Waals surface area contributed by atoms with Gasteiger partial charge < -0.3 is 25.8 Å². The van der Waals surface area contributed by atoms with Crippen molar-refractivity contribution >= 4 is 28.6 Å². The zero-order chi connectivity index (χ0) is 33.6. The first-order valence-electron chi connectivity index (χ1n) is 15.4. The second-order valence-electron chi connectivity index (χ2n) is 12.4. The number of nitrogen functional groups attached to an aromatic ring is 1. The minimum Gasteiger partial charge on any atom is -0.480 e. The highest BCUT2D eigenvalue weighted by Gasteiger charge is 2.46. The van der Waals surface area contributed by atoms with E-state index in [9.17, 15) is 23.1 Å². The van der Waals surface area contributed by atoms with Crippen molar-refractivity contribution < 1.29 is 27.8 Å². The molecule has 2 aliphatic rings. The molecule has 48 heavy (non-hydrogen) atoms. The van der Waals surface area contributed by atoms with Crippen molar-refractivity contribution in [3.05, 3.63) is 78.2 Å². The average Bonchev–Trinajstić information content (AvgIpc) is 3.69. The SMILES string of the molecule is Cc1ccn(-c2cc(-c3ccc4nnccc4c3)ccc2[C@@H](Oc2cc(N3CCC4(CC3)CNC(C(=O)O)C4)nc(N)n2)C(F)(F)F)n1. The summed E-state index contributed by atoms with van der Waals surface area (Å²) in [5.41, 5.74) is 8.63.